The van der Waals surface area contributed by atoms with Gasteiger partial charge in [-0.05, 0) is 0 Å². The second-order valence-electron chi connectivity index (χ2n) is 3.65. The Kier molecular flexibility index (Phi) is 3.46. The largest absolute Gasteiger partial charge is 0.434 e. The topological polar surface area (TPSA) is 28.2 Å². The molecule has 16 heavy (non-hydrogen) atoms. The van der Waals surface area contributed by atoms with Crippen LogP contribution in [0.2, 0.25) is 0 Å². The normalized spacial score (nSPS) is 18.9. The van der Waals surface area contributed by atoms with E-state index in [0.29, 0.717) is 11.6 Å². The van der Waals surface area contributed by atoms with E-state index < -0.39 is 11.9 Å². The van der Waals surface area contributed by atoms with Crippen molar-refractivity contribution in [2.24, 2.45) is 0 Å². The number of hydrogen-bond donors (Lipinski definition) is 1. The summed E-state index contributed by atoms with van der Waals surface area (Å²) >= 11 is 1.08. The first-order chi connectivity index (χ1) is 7.55. The third-order valence-corrected chi connectivity index (χ3v) is 3.24. The molecule has 1 aliphatic rings. The molecule has 0 atom stereocenters. The van der Waals surface area contributed by atoms with E-state index >= 15 is 0 Å². The minimum Gasteiger partial charge on any atom is -0.314 e. The minimum atomic E-state index is -4.32. The van der Waals surface area contributed by atoms with Gasteiger partial charge in [0.2, 0.25) is 0 Å². The molecule has 1 fully saturated rings. The number of nitrogens with one attached hydrogen (secondary N) is 1. The molecule has 1 saturated heterocycles. The molecule has 1 aromatic heterocycles. The van der Waals surface area contributed by atoms with Crippen LogP contribution in [0.1, 0.15) is 10.7 Å². The number of halogens is 3. The third-order valence-electron chi connectivity index (χ3n) is 2.41. The van der Waals surface area contributed by atoms with Gasteiger partial charge in [-0.25, -0.2) is 4.98 Å². The number of piperazine rings is 1. The maximum Gasteiger partial charge on any atom is 0.434 e. The average Bonchev–Trinajstić information content (AvgIpc) is 2.67. The first-order valence-corrected chi connectivity index (χ1v) is 5.88. The van der Waals surface area contributed by atoms with Crippen LogP contribution in [0.15, 0.2) is 5.38 Å². The summed E-state index contributed by atoms with van der Waals surface area (Å²) in [7, 11) is 0. The molecular formula is C9H12F3N3S. The lowest BCUT2D eigenvalue weighted by atomic mass is 10.3. The first kappa shape index (κ1) is 11.8. The lowest BCUT2D eigenvalue weighted by Crippen LogP contribution is -2.42. The van der Waals surface area contributed by atoms with Crippen molar-refractivity contribution < 1.29 is 13.2 Å². The standard InChI is InChI=1S/C9H12F3N3S/c10-9(11,12)7-6-16-8(14-7)5-15-3-1-13-2-4-15/h6,13H,1-5H2. The fraction of sp³-hybridized carbons (Fsp3) is 0.667. The van der Waals surface area contributed by atoms with Crippen molar-refractivity contribution in [1.82, 2.24) is 15.2 Å². The second-order valence-corrected chi connectivity index (χ2v) is 4.59. The minimum absolute atomic E-state index is 0.516. The van der Waals surface area contributed by atoms with E-state index in [1.54, 1.807) is 0 Å². The van der Waals surface area contributed by atoms with Crippen molar-refractivity contribution in [2.45, 2.75) is 12.7 Å². The second kappa shape index (κ2) is 4.68. The predicted octanol–water partition coefficient (Wildman–Crippen LogP) is 1.57. The number of aromatic nitrogens is 1. The molecule has 0 spiro atoms. The van der Waals surface area contributed by atoms with Crippen LogP contribution < -0.4 is 5.32 Å². The zero-order valence-corrected chi connectivity index (χ0v) is 9.37. The van der Waals surface area contributed by atoms with Crippen LogP contribution in [0, 0.1) is 0 Å². The summed E-state index contributed by atoms with van der Waals surface area (Å²) in [5, 5.41) is 4.81. The highest BCUT2D eigenvalue weighted by Crippen LogP contribution is 2.30. The lowest BCUT2D eigenvalue weighted by Gasteiger charge is -2.26. The number of nitrogens with zero attached hydrogens (tertiary/aromatic N) is 2. The molecule has 0 aliphatic carbocycles. The van der Waals surface area contributed by atoms with E-state index in [9.17, 15) is 13.2 Å². The van der Waals surface area contributed by atoms with E-state index in [-0.39, 0.29) is 0 Å². The van der Waals surface area contributed by atoms with E-state index in [1.807, 2.05) is 0 Å². The molecule has 2 heterocycles. The van der Waals surface area contributed by atoms with Crippen molar-refractivity contribution in [2.75, 3.05) is 26.2 Å². The Hall–Kier alpha value is -0.660. The lowest BCUT2D eigenvalue weighted by molar-refractivity contribution is -0.140. The molecule has 1 aromatic rings. The van der Waals surface area contributed by atoms with Crippen LogP contribution in [0.4, 0.5) is 13.2 Å². The summed E-state index contributed by atoms with van der Waals surface area (Å²) in [6.07, 6.45) is -4.32. The van der Waals surface area contributed by atoms with Gasteiger partial charge in [0.15, 0.2) is 5.69 Å². The third kappa shape index (κ3) is 2.93. The zero-order chi connectivity index (χ0) is 11.6. The quantitative estimate of drug-likeness (QED) is 0.864. The average molecular weight is 251 g/mol. The molecule has 0 saturated carbocycles. The Balaban J connectivity index is 1.97. The Morgan fingerprint density at radius 3 is 2.62 bits per heavy atom. The van der Waals surface area contributed by atoms with Gasteiger partial charge < -0.3 is 5.32 Å². The summed E-state index contributed by atoms with van der Waals surface area (Å²) in [6, 6.07) is 0. The summed E-state index contributed by atoms with van der Waals surface area (Å²) in [5.41, 5.74) is -0.775. The van der Waals surface area contributed by atoms with Gasteiger partial charge in [-0.2, -0.15) is 13.2 Å². The highest BCUT2D eigenvalue weighted by molar-refractivity contribution is 7.09. The van der Waals surface area contributed by atoms with Gasteiger partial charge in [-0.1, -0.05) is 0 Å². The molecule has 1 aliphatic heterocycles. The van der Waals surface area contributed by atoms with Gasteiger partial charge in [0.05, 0.1) is 6.54 Å². The molecule has 7 heteroatoms. The van der Waals surface area contributed by atoms with E-state index in [0.717, 1.165) is 42.9 Å². The number of thiazole rings is 1. The molecular weight excluding hydrogens is 239 g/mol. The summed E-state index contributed by atoms with van der Waals surface area (Å²) < 4.78 is 36.9. The van der Waals surface area contributed by atoms with Crippen LogP contribution in [-0.2, 0) is 12.7 Å². The van der Waals surface area contributed by atoms with Gasteiger partial charge >= 0.3 is 6.18 Å². The van der Waals surface area contributed by atoms with E-state index in [2.05, 4.69) is 15.2 Å². The van der Waals surface area contributed by atoms with Crippen molar-refractivity contribution in [3.05, 3.63) is 16.1 Å². The van der Waals surface area contributed by atoms with Crippen LogP contribution in [-0.4, -0.2) is 36.1 Å². The summed E-state index contributed by atoms with van der Waals surface area (Å²) in [4.78, 5) is 5.71. The van der Waals surface area contributed by atoms with Crippen LogP contribution in [0.3, 0.4) is 0 Å². The van der Waals surface area contributed by atoms with E-state index in [1.165, 1.54) is 0 Å². The van der Waals surface area contributed by atoms with Crippen LogP contribution in [0.5, 0.6) is 0 Å². The van der Waals surface area contributed by atoms with Crippen LogP contribution >= 0.6 is 11.3 Å². The van der Waals surface area contributed by atoms with Crippen molar-refractivity contribution in [3.63, 3.8) is 0 Å². The van der Waals surface area contributed by atoms with Crippen molar-refractivity contribution in [3.8, 4) is 0 Å². The van der Waals surface area contributed by atoms with E-state index in [4.69, 9.17) is 0 Å². The molecule has 0 aromatic carbocycles. The molecule has 2 rings (SSSR count). The van der Waals surface area contributed by atoms with Crippen molar-refractivity contribution >= 4 is 11.3 Å². The van der Waals surface area contributed by atoms with Gasteiger partial charge in [0.1, 0.15) is 5.01 Å². The Morgan fingerprint density at radius 2 is 2.06 bits per heavy atom. The first-order valence-electron chi connectivity index (χ1n) is 5.00. The van der Waals surface area contributed by atoms with Gasteiger partial charge in [0, 0.05) is 31.6 Å². The summed E-state index contributed by atoms with van der Waals surface area (Å²) in [5.74, 6) is 0. The maximum atomic E-state index is 12.3. The molecule has 0 amide bonds. The SMILES string of the molecule is FC(F)(F)c1csc(CN2CCNCC2)n1. The molecule has 0 radical (unpaired) electrons. The molecule has 1 N–H and O–H groups in total. The highest BCUT2D eigenvalue weighted by Gasteiger charge is 2.33. The fourth-order valence-corrected chi connectivity index (χ4v) is 2.42. The number of rotatable bonds is 2. The predicted molar refractivity (Wildman–Crippen MR) is 55.3 cm³/mol. The number of alkyl halides is 3. The van der Waals surface area contributed by atoms with Crippen molar-refractivity contribution in [1.29, 1.82) is 0 Å². The smallest absolute Gasteiger partial charge is 0.314 e. The zero-order valence-electron chi connectivity index (χ0n) is 8.55. The summed E-state index contributed by atoms with van der Waals surface area (Å²) in [6.45, 7) is 4.01. The molecule has 0 bridgehead atoms. The van der Waals surface area contributed by atoms with Gasteiger partial charge in [-0.3, -0.25) is 4.90 Å². The van der Waals surface area contributed by atoms with Gasteiger partial charge in [0.25, 0.3) is 0 Å². The Bertz CT molecular complexity index is 344. The molecule has 90 valence electrons. The molecule has 3 nitrogen and oxygen atoms in total. The fourth-order valence-electron chi connectivity index (χ4n) is 1.57. The van der Waals surface area contributed by atoms with Gasteiger partial charge in [-0.15, -0.1) is 11.3 Å². The monoisotopic (exact) mass is 251 g/mol. The number of hydrogen-bond acceptors (Lipinski definition) is 4. The Labute approximate surface area is 95.3 Å². The Morgan fingerprint density at radius 1 is 1.38 bits per heavy atom. The van der Waals surface area contributed by atoms with Crippen LogP contribution in [0.25, 0.3) is 0 Å². The highest BCUT2D eigenvalue weighted by atomic mass is 32.1. The molecule has 0 unspecified atom stereocenters. The maximum absolute atomic E-state index is 12.3.